The maximum absolute atomic E-state index is 12.5. The number of aromatic nitrogens is 2. The number of carboxylic acids is 1. The van der Waals surface area contributed by atoms with Gasteiger partial charge < -0.3 is 5.11 Å². The van der Waals surface area contributed by atoms with Crippen molar-refractivity contribution in [2.24, 2.45) is 7.05 Å². The second-order valence-corrected chi connectivity index (χ2v) is 6.85. The largest absolute Gasteiger partial charge is 0.478 e. The van der Waals surface area contributed by atoms with Crippen molar-refractivity contribution in [3.05, 3.63) is 46.2 Å². The second-order valence-electron chi connectivity index (χ2n) is 4.54. The average Bonchev–Trinajstić information content (AvgIpc) is 2.65. The molecule has 8 heteroatoms. The summed E-state index contributed by atoms with van der Waals surface area (Å²) in [6.07, 6.45) is 0. The summed E-state index contributed by atoms with van der Waals surface area (Å²) in [7, 11) is -2.23. The van der Waals surface area contributed by atoms with Crippen molar-refractivity contribution in [2.75, 3.05) is 0 Å². The molecular weight excluding hydrogens is 316 g/mol. The fourth-order valence-electron chi connectivity index (χ4n) is 2.02. The Balaban J connectivity index is 2.51. The quantitative estimate of drug-likeness (QED) is 0.927. The van der Waals surface area contributed by atoms with Gasteiger partial charge in [-0.1, -0.05) is 23.7 Å². The highest BCUT2D eigenvalue weighted by molar-refractivity contribution is 7.90. The molecule has 0 unspecified atom stereocenters. The van der Waals surface area contributed by atoms with Gasteiger partial charge in [0.25, 0.3) is 0 Å². The minimum atomic E-state index is -3.84. The van der Waals surface area contributed by atoms with E-state index in [0.29, 0.717) is 11.3 Å². The van der Waals surface area contributed by atoms with Crippen LogP contribution in [0.3, 0.4) is 0 Å². The van der Waals surface area contributed by atoms with E-state index in [4.69, 9.17) is 16.7 Å². The summed E-state index contributed by atoms with van der Waals surface area (Å²) in [6, 6.07) is 5.49. The van der Waals surface area contributed by atoms with Gasteiger partial charge in [-0.2, -0.15) is 5.10 Å². The number of carbonyl (C=O) groups is 1. The fourth-order valence-corrected chi connectivity index (χ4v) is 4.00. The van der Waals surface area contributed by atoms with E-state index in [-0.39, 0.29) is 15.6 Å². The molecule has 112 valence electrons. The van der Waals surface area contributed by atoms with Gasteiger partial charge in [0.05, 0.1) is 21.9 Å². The maximum Gasteiger partial charge on any atom is 0.337 e. The summed E-state index contributed by atoms with van der Waals surface area (Å²) in [4.78, 5) is 10.9. The molecule has 1 aromatic carbocycles. The van der Waals surface area contributed by atoms with Crippen LogP contribution in [0.1, 0.15) is 21.6 Å². The first-order chi connectivity index (χ1) is 9.74. The average molecular weight is 329 g/mol. The topological polar surface area (TPSA) is 89.3 Å². The lowest BCUT2D eigenvalue weighted by Gasteiger charge is -2.07. The number of benzene rings is 1. The Morgan fingerprint density at radius 3 is 2.52 bits per heavy atom. The zero-order valence-electron chi connectivity index (χ0n) is 11.4. The SMILES string of the molecule is Cc1nn(C)c(Cl)c1CS(=O)(=O)c1ccccc1C(=O)O. The summed E-state index contributed by atoms with van der Waals surface area (Å²) in [5.74, 6) is -1.68. The molecule has 0 amide bonds. The molecule has 0 radical (unpaired) electrons. The van der Waals surface area contributed by atoms with Crippen LogP contribution in [-0.2, 0) is 22.6 Å². The van der Waals surface area contributed by atoms with Crippen LogP contribution < -0.4 is 0 Å². The lowest BCUT2D eigenvalue weighted by atomic mass is 10.2. The third-order valence-corrected chi connectivity index (χ3v) is 5.22. The molecule has 6 nitrogen and oxygen atoms in total. The molecule has 1 N–H and O–H groups in total. The predicted octanol–water partition coefficient (Wildman–Crippen LogP) is 2.05. The number of rotatable bonds is 4. The molecule has 2 rings (SSSR count). The third kappa shape index (κ3) is 2.93. The van der Waals surface area contributed by atoms with Crippen molar-refractivity contribution in [1.82, 2.24) is 9.78 Å². The van der Waals surface area contributed by atoms with E-state index in [1.165, 1.54) is 28.9 Å². The van der Waals surface area contributed by atoms with Crippen molar-refractivity contribution in [3.8, 4) is 0 Å². The Labute approximate surface area is 126 Å². The fraction of sp³-hybridized carbons (Fsp3) is 0.231. The van der Waals surface area contributed by atoms with Gasteiger partial charge in [-0.25, -0.2) is 13.2 Å². The van der Waals surface area contributed by atoms with Gasteiger partial charge in [-0.05, 0) is 19.1 Å². The van der Waals surface area contributed by atoms with E-state index >= 15 is 0 Å². The van der Waals surface area contributed by atoms with Crippen molar-refractivity contribution in [1.29, 1.82) is 0 Å². The van der Waals surface area contributed by atoms with Crippen LogP contribution in [0.2, 0.25) is 5.15 Å². The van der Waals surface area contributed by atoms with E-state index in [1.54, 1.807) is 14.0 Å². The molecule has 0 saturated carbocycles. The van der Waals surface area contributed by atoms with Crippen LogP contribution in [0, 0.1) is 6.92 Å². The first-order valence-electron chi connectivity index (χ1n) is 5.97. The van der Waals surface area contributed by atoms with Crippen molar-refractivity contribution in [3.63, 3.8) is 0 Å². The highest BCUT2D eigenvalue weighted by atomic mass is 35.5. The first-order valence-corrected chi connectivity index (χ1v) is 8.00. The molecule has 1 aromatic heterocycles. The molecule has 2 aromatic rings. The van der Waals surface area contributed by atoms with Crippen LogP contribution >= 0.6 is 11.6 Å². The molecule has 0 aliphatic carbocycles. The zero-order valence-corrected chi connectivity index (χ0v) is 12.9. The van der Waals surface area contributed by atoms with Crippen LogP contribution in [0.5, 0.6) is 0 Å². The molecule has 0 spiro atoms. The number of sulfone groups is 1. The highest BCUT2D eigenvalue weighted by Crippen LogP contribution is 2.26. The Bertz CT molecular complexity index is 812. The van der Waals surface area contributed by atoms with E-state index in [0.717, 1.165) is 0 Å². The molecule has 0 fully saturated rings. The number of aromatic carboxylic acids is 1. The first kappa shape index (κ1) is 15.5. The Morgan fingerprint density at radius 1 is 1.38 bits per heavy atom. The van der Waals surface area contributed by atoms with Gasteiger partial charge >= 0.3 is 5.97 Å². The Morgan fingerprint density at radius 2 is 2.00 bits per heavy atom. The van der Waals surface area contributed by atoms with Crippen LogP contribution in [0.25, 0.3) is 0 Å². The lowest BCUT2D eigenvalue weighted by molar-refractivity contribution is 0.0692. The van der Waals surface area contributed by atoms with Gasteiger partial charge in [0.1, 0.15) is 5.15 Å². The Hall–Kier alpha value is -1.86. The van der Waals surface area contributed by atoms with Gasteiger partial charge in [-0.15, -0.1) is 0 Å². The smallest absolute Gasteiger partial charge is 0.337 e. The minimum absolute atomic E-state index is 0.225. The Kier molecular flexibility index (Phi) is 4.06. The van der Waals surface area contributed by atoms with E-state index < -0.39 is 21.6 Å². The molecule has 0 atom stereocenters. The summed E-state index contributed by atoms with van der Waals surface area (Å²) in [5, 5.41) is 13.4. The van der Waals surface area contributed by atoms with Crippen LogP contribution in [0.15, 0.2) is 29.2 Å². The highest BCUT2D eigenvalue weighted by Gasteiger charge is 2.25. The van der Waals surface area contributed by atoms with Gasteiger partial charge in [-0.3, -0.25) is 4.68 Å². The van der Waals surface area contributed by atoms with Crippen molar-refractivity contribution in [2.45, 2.75) is 17.6 Å². The van der Waals surface area contributed by atoms with E-state index in [1.807, 2.05) is 0 Å². The van der Waals surface area contributed by atoms with Crippen molar-refractivity contribution < 1.29 is 18.3 Å². The van der Waals surface area contributed by atoms with Crippen LogP contribution in [-0.4, -0.2) is 29.3 Å². The third-order valence-electron chi connectivity index (χ3n) is 3.06. The molecular formula is C13H13ClN2O4S. The molecule has 0 aliphatic heterocycles. The molecule has 1 heterocycles. The van der Waals surface area contributed by atoms with Gasteiger partial charge in [0.15, 0.2) is 9.84 Å². The summed E-state index contributed by atoms with van der Waals surface area (Å²) < 4.78 is 26.3. The lowest BCUT2D eigenvalue weighted by Crippen LogP contribution is -2.11. The number of aryl methyl sites for hydroxylation is 2. The standard InChI is InChI=1S/C13H13ClN2O4S/c1-8-10(12(14)16(2)15-8)7-21(19,20)11-6-4-3-5-9(11)13(17)18/h3-6H,7H2,1-2H3,(H,17,18). The molecule has 0 aliphatic rings. The summed E-state index contributed by atoms with van der Waals surface area (Å²) in [6.45, 7) is 1.65. The zero-order chi connectivity index (χ0) is 15.8. The molecule has 0 bridgehead atoms. The summed E-state index contributed by atoms with van der Waals surface area (Å²) >= 11 is 6.03. The minimum Gasteiger partial charge on any atom is -0.478 e. The predicted molar refractivity (Wildman–Crippen MR) is 77.2 cm³/mol. The number of carboxylic acid groups (broad SMARTS) is 1. The maximum atomic E-state index is 12.5. The molecule has 21 heavy (non-hydrogen) atoms. The number of hydrogen-bond acceptors (Lipinski definition) is 4. The second kappa shape index (κ2) is 5.50. The normalized spacial score (nSPS) is 11.6. The van der Waals surface area contributed by atoms with Gasteiger partial charge in [0.2, 0.25) is 0 Å². The summed E-state index contributed by atoms with van der Waals surface area (Å²) in [5.41, 5.74) is 0.619. The van der Waals surface area contributed by atoms with Gasteiger partial charge in [0, 0.05) is 12.6 Å². The van der Waals surface area contributed by atoms with E-state index in [9.17, 15) is 13.2 Å². The number of nitrogens with zero attached hydrogens (tertiary/aromatic N) is 2. The monoisotopic (exact) mass is 328 g/mol. The van der Waals surface area contributed by atoms with E-state index in [2.05, 4.69) is 5.10 Å². The number of hydrogen-bond donors (Lipinski definition) is 1. The van der Waals surface area contributed by atoms with Crippen LogP contribution in [0.4, 0.5) is 0 Å². The number of halogens is 1. The van der Waals surface area contributed by atoms with Crippen molar-refractivity contribution >= 4 is 27.4 Å². The molecule has 0 saturated heterocycles.